The molecule has 27 heavy (non-hydrogen) atoms. The molecule has 0 bridgehead atoms. The molecular weight excluding hydrogens is 363 g/mol. The fourth-order valence-electron chi connectivity index (χ4n) is 3.81. The van der Waals surface area contributed by atoms with Crippen LogP contribution < -0.4 is 10.6 Å². The molecule has 0 radical (unpaired) electrons. The van der Waals surface area contributed by atoms with Crippen molar-refractivity contribution in [1.82, 2.24) is 20.0 Å². The fourth-order valence-corrected chi connectivity index (χ4v) is 3.81. The van der Waals surface area contributed by atoms with Crippen molar-refractivity contribution in [1.29, 1.82) is 0 Å². The molecule has 0 aromatic carbocycles. The van der Waals surface area contributed by atoms with E-state index in [1.807, 2.05) is 4.90 Å². The lowest BCUT2D eigenvalue weighted by atomic mass is 9.98. The molecule has 0 spiro atoms. The van der Waals surface area contributed by atoms with E-state index in [1.54, 1.807) is 13.8 Å². The van der Waals surface area contributed by atoms with Gasteiger partial charge in [-0.3, -0.25) is 24.5 Å². The van der Waals surface area contributed by atoms with Crippen LogP contribution in [-0.4, -0.2) is 51.7 Å². The Morgan fingerprint density at radius 3 is 2.44 bits per heavy atom. The summed E-state index contributed by atoms with van der Waals surface area (Å²) in [6.07, 6.45) is -1.61. The minimum atomic E-state index is -4.51. The van der Waals surface area contributed by atoms with Crippen molar-refractivity contribution in [2.24, 2.45) is 0 Å². The monoisotopic (exact) mass is 387 g/mol. The maximum absolute atomic E-state index is 13.6. The molecule has 2 aliphatic rings. The van der Waals surface area contributed by atoms with Gasteiger partial charge in [0.15, 0.2) is 5.69 Å². The molecule has 10 heteroatoms. The Bertz CT molecular complexity index is 708. The second-order valence-corrected chi connectivity index (χ2v) is 7.38. The Labute approximate surface area is 155 Å². The van der Waals surface area contributed by atoms with Crippen molar-refractivity contribution < 1.29 is 22.8 Å². The maximum atomic E-state index is 13.6. The number of piperidine rings is 2. The summed E-state index contributed by atoms with van der Waals surface area (Å²) in [7, 11) is 0. The molecule has 2 amide bonds. The van der Waals surface area contributed by atoms with Crippen molar-refractivity contribution >= 4 is 17.5 Å². The van der Waals surface area contributed by atoms with Gasteiger partial charge in [0.05, 0.1) is 24.0 Å². The molecule has 1 aromatic rings. The van der Waals surface area contributed by atoms with E-state index in [-0.39, 0.29) is 42.0 Å². The third kappa shape index (κ3) is 4.26. The lowest BCUT2D eigenvalue weighted by molar-refractivity contribution is -0.144. The van der Waals surface area contributed by atoms with Gasteiger partial charge in [0.1, 0.15) is 0 Å². The van der Waals surface area contributed by atoms with Crippen LogP contribution in [0.5, 0.6) is 0 Å². The number of halogens is 3. The van der Waals surface area contributed by atoms with Gasteiger partial charge in [0.2, 0.25) is 11.8 Å². The van der Waals surface area contributed by atoms with Crippen molar-refractivity contribution in [2.45, 2.75) is 63.8 Å². The summed E-state index contributed by atoms with van der Waals surface area (Å²) in [6.45, 7) is 4.52. The molecule has 2 saturated heterocycles. The average molecular weight is 387 g/mol. The SMILES string of the molecule is CC(C)Nc1cnn(C2CCN(C3CCC(=O)NC3=O)CC2)c1C(F)(F)F. The number of carbonyl (C=O) groups excluding carboxylic acids is 2. The quantitative estimate of drug-likeness (QED) is 0.774. The second-order valence-electron chi connectivity index (χ2n) is 7.38. The average Bonchev–Trinajstić information content (AvgIpc) is 2.98. The Morgan fingerprint density at radius 1 is 1.22 bits per heavy atom. The summed E-state index contributed by atoms with van der Waals surface area (Å²) in [5.41, 5.74) is -0.763. The van der Waals surface area contributed by atoms with E-state index in [0.717, 1.165) is 4.68 Å². The highest BCUT2D eigenvalue weighted by molar-refractivity contribution is 6.00. The van der Waals surface area contributed by atoms with E-state index in [0.29, 0.717) is 32.4 Å². The molecule has 2 aliphatic heterocycles. The van der Waals surface area contributed by atoms with Crippen LogP contribution in [0.25, 0.3) is 0 Å². The number of carbonyl (C=O) groups is 2. The molecule has 3 heterocycles. The molecule has 7 nitrogen and oxygen atoms in total. The maximum Gasteiger partial charge on any atom is 0.435 e. The Balaban J connectivity index is 1.72. The minimum absolute atomic E-state index is 0.00917. The number of anilines is 1. The van der Waals surface area contributed by atoms with Crippen LogP contribution in [0.2, 0.25) is 0 Å². The zero-order chi connectivity index (χ0) is 19.8. The van der Waals surface area contributed by atoms with Crippen molar-refractivity contribution in [3.05, 3.63) is 11.9 Å². The van der Waals surface area contributed by atoms with Gasteiger partial charge in [-0.1, -0.05) is 0 Å². The molecule has 1 atom stereocenters. The first kappa shape index (κ1) is 19.7. The van der Waals surface area contributed by atoms with Gasteiger partial charge in [-0.25, -0.2) is 0 Å². The van der Waals surface area contributed by atoms with Crippen LogP contribution in [0.4, 0.5) is 18.9 Å². The number of aromatic nitrogens is 2. The van der Waals surface area contributed by atoms with Crippen molar-refractivity contribution in [3.63, 3.8) is 0 Å². The molecular formula is C17H24F3N5O2. The Hall–Kier alpha value is -2.10. The third-order valence-corrected chi connectivity index (χ3v) is 5.00. The van der Waals surface area contributed by atoms with E-state index >= 15 is 0 Å². The molecule has 2 fully saturated rings. The van der Waals surface area contributed by atoms with E-state index in [2.05, 4.69) is 15.7 Å². The number of likely N-dealkylation sites (tertiary alicyclic amines) is 1. The molecule has 3 rings (SSSR count). The lowest BCUT2D eigenvalue weighted by Crippen LogP contribution is -2.54. The first-order chi connectivity index (χ1) is 12.7. The Kier molecular flexibility index (Phi) is 5.45. The molecule has 150 valence electrons. The van der Waals surface area contributed by atoms with Crippen LogP contribution in [0.1, 0.15) is 51.3 Å². The predicted octanol–water partition coefficient (Wildman–Crippen LogP) is 2.16. The van der Waals surface area contributed by atoms with Crippen LogP contribution in [0.15, 0.2) is 6.20 Å². The normalized spacial score (nSPS) is 23.0. The number of nitrogens with zero attached hydrogens (tertiary/aromatic N) is 3. The third-order valence-electron chi connectivity index (χ3n) is 5.00. The molecule has 0 aliphatic carbocycles. The fraction of sp³-hybridized carbons (Fsp3) is 0.706. The van der Waals surface area contributed by atoms with E-state index in [9.17, 15) is 22.8 Å². The lowest BCUT2D eigenvalue weighted by Gasteiger charge is -2.38. The van der Waals surface area contributed by atoms with E-state index in [1.165, 1.54) is 6.20 Å². The van der Waals surface area contributed by atoms with Crippen LogP contribution in [-0.2, 0) is 15.8 Å². The molecule has 0 saturated carbocycles. The number of nitrogens with one attached hydrogen (secondary N) is 2. The summed E-state index contributed by atoms with van der Waals surface area (Å²) in [6, 6.07) is -0.909. The number of alkyl halides is 3. The smallest absolute Gasteiger partial charge is 0.380 e. The topological polar surface area (TPSA) is 79.3 Å². The number of hydrogen-bond donors (Lipinski definition) is 2. The first-order valence-corrected chi connectivity index (χ1v) is 9.15. The van der Waals surface area contributed by atoms with Crippen molar-refractivity contribution in [3.8, 4) is 0 Å². The first-order valence-electron chi connectivity index (χ1n) is 9.15. The number of amides is 2. The largest absolute Gasteiger partial charge is 0.435 e. The van der Waals surface area contributed by atoms with Crippen molar-refractivity contribution in [2.75, 3.05) is 18.4 Å². The van der Waals surface area contributed by atoms with Gasteiger partial charge in [-0.05, 0) is 33.1 Å². The highest BCUT2D eigenvalue weighted by Crippen LogP contribution is 2.38. The highest BCUT2D eigenvalue weighted by Gasteiger charge is 2.41. The van der Waals surface area contributed by atoms with Gasteiger partial charge < -0.3 is 5.32 Å². The summed E-state index contributed by atoms with van der Waals surface area (Å²) in [5, 5.41) is 9.15. The Morgan fingerprint density at radius 2 is 1.89 bits per heavy atom. The summed E-state index contributed by atoms with van der Waals surface area (Å²) in [5.74, 6) is -0.592. The van der Waals surface area contributed by atoms with Gasteiger partial charge >= 0.3 is 6.18 Å². The standard InChI is InChI=1S/C17H24F3N5O2/c1-10(2)22-12-9-21-25(15(12)17(18,19)20)11-5-7-24(8-6-11)13-3-4-14(26)23-16(13)27/h9-11,13,22H,3-8H2,1-2H3,(H,23,26,27). The number of hydrogen-bond acceptors (Lipinski definition) is 5. The van der Waals surface area contributed by atoms with Crippen LogP contribution >= 0.6 is 0 Å². The van der Waals surface area contributed by atoms with Crippen LogP contribution in [0, 0.1) is 0 Å². The minimum Gasteiger partial charge on any atom is -0.380 e. The molecule has 1 unspecified atom stereocenters. The molecule has 2 N–H and O–H groups in total. The van der Waals surface area contributed by atoms with Gasteiger partial charge in [0, 0.05) is 25.6 Å². The highest BCUT2D eigenvalue weighted by atomic mass is 19.4. The second kappa shape index (κ2) is 7.49. The van der Waals surface area contributed by atoms with Crippen LogP contribution in [0.3, 0.4) is 0 Å². The summed E-state index contributed by atoms with van der Waals surface area (Å²) < 4.78 is 41.9. The summed E-state index contributed by atoms with van der Waals surface area (Å²) in [4.78, 5) is 25.2. The molecule has 1 aromatic heterocycles. The number of rotatable bonds is 4. The predicted molar refractivity (Wildman–Crippen MR) is 92.0 cm³/mol. The zero-order valence-corrected chi connectivity index (χ0v) is 15.3. The van der Waals surface area contributed by atoms with E-state index < -0.39 is 11.9 Å². The summed E-state index contributed by atoms with van der Waals surface area (Å²) >= 11 is 0. The zero-order valence-electron chi connectivity index (χ0n) is 15.3. The van der Waals surface area contributed by atoms with Gasteiger partial charge in [-0.15, -0.1) is 0 Å². The van der Waals surface area contributed by atoms with Gasteiger partial charge in [0.25, 0.3) is 0 Å². The van der Waals surface area contributed by atoms with Gasteiger partial charge in [-0.2, -0.15) is 18.3 Å². The van der Waals surface area contributed by atoms with E-state index in [4.69, 9.17) is 0 Å². The number of imide groups is 1.